The fourth-order valence-corrected chi connectivity index (χ4v) is 7.82. The third-order valence-corrected chi connectivity index (χ3v) is 10.5. The Morgan fingerprint density at radius 2 is 1.96 bits per heavy atom. The second-order valence-corrected chi connectivity index (χ2v) is 14.2. The molecule has 3 atom stereocenters. The quantitative estimate of drug-likeness (QED) is 0.133. The van der Waals surface area contributed by atoms with Gasteiger partial charge in [0.1, 0.15) is 46.2 Å². The summed E-state index contributed by atoms with van der Waals surface area (Å²) < 4.78 is 81.5. The molecule has 2 aromatic carbocycles. The molecule has 0 spiro atoms. The number of nitrogens with one attached hydrogen (secondary N) is 1. The number of alkyl halides is 2. The third kappa shape index (κ3) is 6.29. The van der Waals surface area contributed by atoms with Crippen LogP contribution in [0.4, 0.5) is 38.6 Å². The third-order valence-electron chi connectivity index (χ3n) is 9.18. The summed E-state index contributed by atoms with van der Waals surface area (Å²) in [5, 5.41) is 12.4. The number of hydrogen-bond acceptors (Lipinski definition) is 11. The van der Waals surface area contributed by atoms with Crippen molar-refractivity contribution in [2.24, 2.45) is 11.3 Å². The molecule has 10 nitrogen and oxygen atoms in total. The van der Waals surface area contributed by atoms with Gasteiger partial charge < -0.3 is 26.4 Å². The lowest BCUT2D eigenvalue weighted by molar-refractivity contribution is -0.0679. The van der Waals surface area contributed by atoms with Crippen molar-refractivity contribution in [2.45, 2.75) is 32.6 Å². The van der Waals surface area contributed by atoms with Gasteiger partial charge in [-0.2, -0.15) is 15.2 Å². The van der Waals surface area contributed by atoms with E-state index in [1.807, 2.05) is 24.9 Å². The number of nitrogen functional groups attached to an aromatic ring is 2. The molecule has 0 bridgehead atoms. The minimum absolute atomic E-state index is 0.0677. The van der Waals surface area contributed by atoms with Gasteiger partial charge in [-0.1, -0.05) is 25.4 Å². The number of benzene rings is 2. The van der Waals surface area contributed by atoms with Gasteiger partial charge in [-0.25, -0.2) is 31.9 Å². The first-order valence-corrected chi connectivity index (χ1v) is 16.6. The van der Waals surface area contributed by atoms with Gasteiger partial charge in [0, 0.05) is 70.1 Å². The number of likely N-dealkylation sites (tertiary alicyclic amines) is 1. The molecule has 3 aromatic heterocycles. The van der Waals surface area contributed by atoms with E-state index >= 15 is 8.78 Å². The molecule has 0 saturated carbocycles. The lowest BCUT2D eigenvalue weighted by Crippen LogP contribution is -2.51. The topological polar surface area (TPSA) is 152 Å². The highest BCUT2D eigenvalue weighted by molar-refractivity contribution is 7.23. The van der Waals surface area contributed by atoms with Gasteiger partial charge in [0.15, 0.2) is 5.82 Å². The molecule has 5 N–H and O–H groups in total. The predicted molar refractivity (Wildman–Crippen MR) is 183 cm³/mol. The summed E-state index contributed by atoms with van der Waals surface area (Å²) >= 11 is 7.37. The molecule has 4 heterocycles. The van der Waals surface area contributed by atoms with Crippen LogP contribution in [-0.2, 0) is 0 Å². The van der Waals surface area contributed by atoms with Crippen LogP contribution in [0.25, 0.3) is 32.1 Å². The summed E-state index contributed by atoms with van der Waals surface area (Å²) in [6, 6.07) is 3.38. The van der Waals surface area contributed by atoms with Crippen molar-refractivity contribution < 1.29 is 26.7 Å². The van der Waals surface area contributed by atoms with E-state index < -0.39 is 46.3 Å². The van der Waals surface area contributed by atoms with E-state index in [-0.39, 0.29) is 79.7 Å². The standard InChI is InChI=1S/C33H31ClF5N9OS/c1-14(17-10-43-13-45-29(17)41)9-44-31-15-6-19(34)23(24-20(35)7-21(36)27-22(24)16(8-40)30(42)50-27)25(37)26(15)46-32(47-31)49-12-33(2)11-48(3)5-4-18(33)28(38)39/h6-7,10,13-14,18,28H,4-5,9,11-12,42H2,1-3H3,(H2,41,43,45)(H,44,46,47)/t14-,18+,33-/m0/s1. The van der Waals surface area contributed by atoms with Gasteiger partial charge in [-0.3, -0.25) is 0 Å². The van der Waals surface area contributed by atoms with E-state index in [1.165, 1.54) is 12.4 Å². The van der Waals surface area contributed by atoms with Crippen LogP contribution in [0.2, 0.25) is 5.02 Å². The Bertz CT molecular complexity index is 2160. The van der Waals surface area contributed by atoms with E-state index in [1.54, 1.807) is 13.1 Å². The summed E-state index contributed by atoms with van der Waals surface area (Å²) in [6.07, 6.45) is 0.524. The molecule has 17 heteroatoms. The number of piperidine rings is 1. The van der Waals surface area contributed by atoms with Crippen LogP contribution < -0.4 is 21.5 Å². The Kier molecular flexibility index (Phi) is 9.59. The van der Waals surface area contributed by atoms with Gasteiger partial charge in [0.05, 0.1) is 21.9 Å². The van der Waals surface area contributed by atoms with E-state index in [9.17, 15) is 18.4 Å². The molecule has 1 fully saturated rings. The van der Waals surface area contributed by atoms with E-state index in [0.29, 0.717) is 36.1 Å². The zero-order valence-corrected chi connectivity index (χ0v) is 28.6. The largest absolute Gasteiger partial charge is 0.463 e. The second kappa shape index (κ2) is 13.6. The Morgan fingerprint density at radius 3 is 2.66 bits per heavy atom. The summed E-state index contributed by atoms with van der Waals surface area (Å²) in [6.45, 7) is 4.30. The molecule has 1 aliphatic heterocycles. The van der Waals surface area contributed by atoms with Gasteiger partial charge in [0.2, 0.25) is 6.43 Å². The number of thiophene rings is 1. The highest BCUT2D eigenvalue weighted by Gasteiger charge is 2.44. The van der Waals surface area contributed by atoms with E-state index in [4.69, 9.17) is 27.8 Å². The number of aromatic nitrogens is 4. The Hall–Kier alpha value is -4.59. The van der Waals surface area contributed by atoms with Gasteiger partial charge in [0.25, 0.3) is 0 Å². The molecular formula is C33H31ClF5N9OS. The highest BCUT2D eigenvalue weighted by atomic mass is 35.5. The molecule has 0 amide bonds. The van der Waals surface area contributed by atoms with Crippen molar-refractivity contribution in [1.82, 2.24) is 24.8 Å². The molecule has 6 rings (SSSR count). The molecule has 0 radical (unpaired) electrons. The maximum absolute atomic E-state index is 16.9. The molecule has 1 aliphatic rings. The van der Waals surface area contributed by atoms with Crippen LogP contribution in [0.3, 0.4) is 0 Å². The van der Waals surface area contributed by atoms with Crippen LogP contribution in [0.5, 0.6) is 6.01 Å². The van der Waals surface area contributed by atoms with Crippen molar-refractivity contribution in [3.8, 4) is 23.2 Å². The van der Waals surface area contributed by atoms with Crippen molar-refractivity contribution in [3.63, 3.8) is 0 Å². The van der Waals surface area contributed by atoms with Gasteiger partial charge in [-0.15, -0.1) is 11.3 Å². The van der Waals surface area contributed by atoms with Crippen LogP contribution in [0, 0.1) is 40.1 Å². The average Bonchev–Trinajstić information content (AvgIpc) is 3.40. The molecule has 0 unspecified atom stereocenters. The zero-order chi connectivity index (χ0) is 36.1. The monoisotopic (exact) mass is 731 g/mol. The van der Waals surface area contributed by atoms with Gasteiger partial charge in [-0.05, 0) is 26.1 Å². The molecule has 5 aromatic rings. The number of nitriles is 1. The number of nitrogens with two attached hydrogens (primary N) is 2. The van der Waals surface area contributed by atoms with Crippen LogP contribution >= 0.6 is 22.9 Å². The number of hydrogen-bond donors (Lipinski definition) is 3. The highest BCUT2D eigenvalue weighted by Crippen LogP contribution is 2.47. The van der Waals surface area contributed by atoms with Gasteiger partial charge >= 0.3 is 6.01 Å². The summed E-state index contributed by atoms with van der Waals surface area (Å²) in [7, 11) is 1.82. The smallest absolute Gasteiger partial charge is 0.319 e. The first-order valence-electron chi connectivity index (χ1n) is 15.4. The number of ether oxygens (including phenoxy) is 1. The maximum atomic E-state index is 16.9. The van der Waals surface area contributed by atoms with Crippen LogP contribution in [-0.4, -0.2) is 64.6 Å². The average molecular weight is 732 g/mol. The summed E-state index contributed by atoms with van der Waals surface area (Å²) in [5.74, 6) is -4.20. The lowest BCUT2D eigenvalue weighted by Gasteiger charge is -2.44. The number of fused-ring (bicyclic) bond motifs is 2. The number of anilines is 3. The predicted octanol–water partition coefficient (Wildman–Crippen LogP) is 7.23. The number of nitrogens with zero attached hydrogens (tertiary/aromatic N) is 6. The fraction of sp³-hybridized carbons (Fsp3) is 0.364. The van der Waals surface area contributed by atoms with Crippen LogP contribution in [0.15, 0.2) is 24.7 Å². The number of halogens is 6. The normalized spacial score (nSPS) is 18.9. The molecule has 0 aliphatic carbocycles. The summed E-state index contributed by atoms with van der Waals surface area (Å²) in [5.41, 5.74) is 10.1. The van der Waals surface area contributed by atoms with E-state index in [0.717, 1.165) is 0 Å². The van der Waals surface area contributed by atoms with Crippen molar-refractivity contribution in [3.05, 3.63) is 58.3 Å². The van der Waals surface area contributed by atoms with E-state index in [2.05, 4.69) is 25.3 Å². The molecular weight excluding hydrogens is 701 g/mol. The zero-order valence-electron chi connectivity index (χ0n) is 27.0. The first kappa shape index (κ1) is 35.2. The minimum atomic E-state index is -2.60. The van der Waals surface area contributed by atoms with Crippen LogP contribution in [0.1, 0.15) is 37.3 Å². The number of rotatable bonds is 9. The first-order chi connectivity index (χ1) is 23.7. The maximum Gasteiger partial charge on any atom is 0.319 e. The molecule has 50 heavy (non-hydrogen) atoms. The summed E-state index contributed by atoms with van der Waals surface area (Å²) in [4.78, 5) is 18.7. The van der Waals surface area contributed by atoms with Crippen molar-refractivity contribution in [2.75, 3.05) is 50.1 Å². The molecule has 262 valence electrons. The van der Waals surface area contributed by atoms with Crippen molar-refractivity contribution >= 4 is 60.6 Å². The Balaban J connectivity index is 1.50. The Labute approximate surface area is 292 Å². The molecule has 1 saturated heterocycles. The Morgan fingerprint density at radius 1 is 1.20 bits per heavy atom. The SMILES string of the molecule is C[C@@H](CNc1nc(OC[C@]2(C)CN(C)CC[C@@H]2C(F)F)nc2c(F)c(-c3c(F)cc(F)c4sc(N)c(C#N)c34)c(Cl)cc12)c1cncnc1N. The minimum Gasteiger partial charge on any atom is -0.463 e. The second-order valence-electron chi connectivity index (χ2n) is 12.7. The lowest BCUT2D eigenvalue weighted by atomic mass is 9.73. The van der Waals surface area contributed by atoms with Crippen molar-refractivity contribution in [1.29, 1.82) is 5.26 Å². The fourth-order valence-electron chi connectivity index (χ4n) is 6.61.